The highest BCUT2D eigenvalue weighted by atomic mass is 32.1. The van der Waals surface area contributed by atoms with Crippen LogP contribution < -0.4 is 20.5 Å². The maximum Gasteiger partial charge on any atom is 0.258 e. The van der Waals surface area contributed by atoms with Crippen LogP contribution in [0.1, 0.15) is 0 Å². The molecular weight excluding hydrogens is 240 g/mol. The lowest BCUT2D eigenvalue weighted by molar-refractivity contribution is -0.122. The topological polar surface area (TPSA) is 73.6 Å². The smallest absolute Gasteiger partial charge is 0.258 e. The van der Waals surface area contributed by atoms with E-state index in [-0.39, 0.29) is 24.0 Å². The normalized spacial score (nSPS) is 9.47. The van der Waals surface area contributed by atoms with Crippen LogP contribution in [0.15, 0.2) is 24.3 Å². The quantitative estimate of drug-likeness (QED) is 0.722. The first-order chi connectivity index (χ1) is 8.11. The van der Waals surface area contributed by atoms with Gasteiger partial charge in [0, 0.05) is 0 Å². The second-order valence-electron chi connectivity index (χ2n) is 3.21. The molecule has 0 spiro atoms. The van der Waals surface area contributed by atoms with Gasteiger partial charge in [0.15, 0.2) is 6.61 Å². The largest absolute Gasteiger partial charge is 0.497 e. The molecule has 0 saturated heterocycles. The van der Waals surface area contributed by atoms with Gasteiger partial charge in [-0.2, -0.15) is 0 Å². The zero-order valence-electron chi connectivity index (χ0n) is 9.43. The molecule has 1 aromatic rings. The molecule has 0 aliphatic carbocycles. The van der Waals surface area contributed by atoms with Crippen molar-refractivity contribution in [1.29, 1.82) is 0 Å². The number of amides is 1. The molecule has 1 amide bonds. The van der Waals surface area contributed by atoms with Crippen molar-refractivity contribution in [2.45, 2.75) is 0 Å². The number of nitrogens with one attached hydrogen (secondary N) is 1. The number of carbonyl (C=O) groups is 1. The van der Waals surface area contributed by atoms with Gasteiger partial charge in [-0.25, -0.2) is 0 Å². The molecule has 0 fully saturated rings. The second kappa shape index (κ2) is 6.70. The van der Waals surface area contributed by atoms with Gasteiger partial charge in [0.25, 0.3) is 5.91 Å². The third kappa shape index (κ3) is 5.17. The Morgan fingerprint density at radius 1 is 1.35 bits per heavy atom. The highest BCUT2D eigenvalue weighted by Gasteiger charge is 2.02. The molecule has 0 aliphatic rings. The van der Waals surface area contributed by atoms with Gasteiger partial charge in [0.2, 0.25) is 0 Å². The van der Waals surface area contributed by atoms with Gasteiger partial charge in [-0.1, -0.05) is 12.2 Å². The van der Waals surface area contributed by atoms with E-state index in [1.807, 2.05) is 0 Å². The zero-order chi connectivity index (χ0) is 12.7. The summed E-state index contributed by atoms with van der Waals surface area (Å²) >= 11 is 4.63. The molecule has 1 aromatic carbocycles. The lowest BCUT2D eigenvalue weighted by Gasteiger charge is -2.07. The fraction of sp³-hybridized carbons (Fsp3) is 0.273. The van der Waals surface area contributed by atoms with Gasteiger partial charge in [0.1, 0.15) is 11.5 Å². The number of ether oxygens (including phenoxy) is 2. The van der Waals surface area contributed by atoms with Crippen molar-refractivity contribution in [3.05, 3.63) is 24.3 Å². The number of rotatable bonds is 6. The van der Waals surface area contributed by atoms with Gasteiger partial charge in [-0.05, 0) is 24.3 Å². The van der Waals surface area contributed by atoms with Gasteiger partial charge >= 0.3 is 0 Å². The Morgan fingerprint density at radius 3 is 2.47 bits per heavy atom. The number of thiocarbonyl (C=S) groups is 1. The van der Waals surface area contributed by atoms with E-state index in [1.54, 1.807) is 31.4 Å². The Morgan fingerprint density at radius 2 is 1.94 bits per heavy atom. The van der Waals surface area contributed by atoms with E-state index in [0.717, 1.165) is 5.75 Å². The maximum atomic E-state index is 11.3. The summed E-state index contributed by atoms with van der Waals surface area (Å²) in [7, 11) is 1.58. The number of carbonyl (C=O) groups excluding carboxylic acids is 1. The van der Waals surface area contributed by atoms with E-state index in [4.69, 9.17) is 15.2 Å². The van der Waals surface area contributed by atoms with Crippen LogP contribution in [0, 0.1) is 0 Å². The molecule has 0 aliphatic heterocycles. The van der Waals surface area contributed by atoms with Crippen molar-refractivity contribution >= 4 is 23.1 Å². The average Bonchev–Trinajstić information content (AvgIpc) is 2.34. The SMILES string of the molecule is COc1ccc(OCC(=O)NCC(N)=S)cc1. The monoisotopic (exact) mass is 254 g/mol. The van der Waals surface area contributed by atoms with E-state index >= 15 is 0 Å². The summed E-state index contributed by atoms with van der Waals surface area (Å²) < 4.78 is 10.2. The molecule has 0 bridgehead atoms. The molecule has 0 saturated carbocycles. The van der Waals surface area contributed by atoms with Gasteiger partial charge in [-0.15, -0.1) is 0 Å². The van der Waals surface area contributed by atoms with Crippen molar-refractivity contribution in [3.63, 3.8) is 0 Å². The van der Waals surface area contributed by atoms with Gasteiger partial charge in [-0.3, -0.25) is 4.79 Å². The summed E-state index contributed by atoms with van der Waals surface area (Å²) in [5.74, 6) is 1.06. The summed E-state index contributed by atoms with van der Waals surface area (Å²) in [6, 6.07) is 6.95. The predicted octanol–water partition coefficient (Wildman–Crippen LogP) is 0.476. The number of benzene rings is 1. The molecule has 0 atom stereocenters. The number of nitrogens with two attached hydrogens (primary N) is 1. The first-order valence-corrected chi connectivity index (χ1v) is 5.34. The molecule has 1 rings (SSSR count). The highest BCUT2D eigenvalue weighted by Crippen LogP contribution is 2.16. The Kier molecular flexibility index (Phi) is 5.22. The van der Waals surface area contributed by atoms with Gasteiger partial charge < -0.3 is 20.5 Å². The fourth-order valence-corrected chi connectivity index (χ4v) is 1.13. The summed E-state index contributed by atoms with van der Waals surface area (Å²) in [6.45, 7) is 0.106. The van der Waals surface area contributed by atoms with Crippen LogP contribution in [0.4, 0.5) is 0 Å². The minimum atomic E-state index is -0.270. The fourth-order valence-electron chi connectivity index (χ4n) is 1.06. The number of methoxy groups -OCH3 is 1. The average molecular weight is 254 g/mol. The Hall–Kier alpha value is -1.82. The first-order valence-electron chi connectivity index (χ1n) is 4.93. The van der Waals surface area contributed by atoms with Crippen LogP contribution in [0.25, 0.3) is 0 Å². The van der Waals surface area contributed by atoms with Crippen LogP contribution in [0.2, 0.25) is 0 Å². The van der Waals surface area contributed by atoms with Crippen LogP contribution in [0.3, 0.4) is 0 Å². The molecule has 5 nitrogen and oxygen atoms in total. The lowest BCUT2D eigenvalue weighted by Crippen LogP contribution is -2.35. The van der Waals surface area contributed by atoms with Crippen LogP contribution in [-0.2, 0) is 4.79 Å². The third-order valence-electron chi connectivity index (χ3n) is 1.89. The van der Waals surface area contributed by atoms with Crippen molar-refractivity contribution < 1.29 is 14.3 Å². The second-order valence-corrected chi connectivity index (χ2v) is 3.73. The van der Waals surface area contributed by atoms with Gasteiger partial charge in [0.05, 0.1) is 18.6 Å². The summed E-state index contributed by atoms with van der Waals surface area (Å²) in [5, 5.41) is 2.52. The highest BCUT2D eigenvalue weighted by molar-refractivity contribution is 7.80. The summed E-state index contributed by atoms with van der Waals surface area (Å²) in [4.78, 5) is 11.5. The first kappa shape index (κ1) is 13.2. The standard InChI is InChI=1S/C11H14N2O3S/c1-15-8-2-4-9(5-3-8)16-7-11(14)13-6-10(12)17/h2-5H,6-7H2,1H3,(H2,12,17)(H,13,14). The Labute approximate surface area is 105 Å². The molecule has 6 heteroatoms. The van der Waals surface area contributed by atoms with E-state index in [1.165, 1.54) is 0 Å². The van der Waals surface area contributed by atoms with Crippen LogP contribution in [-0.4, -0.2) is 31.2 Å². The Bertz CT molecular complexity index is 392. The molecule has 3 N–H and O–H groups in total. The van der Waals surface area contributed by atoms with E-state index in [2.05, 4.69) is 17.5 Å². The van der Waals surface area contributed by atoms with Crippen LogP contribution >= 0.6 is 12.2 Å². The molecule has 0 radical (unpaired) electrons. The maximum absolute atomic E-state index is 11.3. The summed E-state index contributed by atoms with van der Waals surface area (Å²) in [6.07, 6.45) is 0. The van der Waals surface area contributed by atoms with Crippen LogP contribution in [0.5, 0.6) is 11.5 Å². The minimum absolute atomic E-state index is 0.0745. The molecule has 0 heterocycles. The molecule has 0 unspecified atom stereocenters. The number of hydrogen-bond acceptors (Lipinski definition) is 4. The Balaban J connectivity index is 2.34. The summed E-state index contributed by atoms with van der Waals surface area (Å²) in [5.41, 5.74) is 5.24. The van der Waals surface area contributed by atoms with Crippen molar-refractivity contribution in [1.82, 2.24) is 5.32 Å². The number of hydrogen-bond donors (Lipinski definition) is 2. The third-order valence-corrected chi connectivity index (χ3v) is 2.03. The minimum Gasteiger partial charge on any atom is -0.497 e. The van der Waals surface area contributed by atoms with E-state index in [9.17, 15) is 4.79 Å². The molecule has 17 heavy (non-hydrogen) atoms. The molecular formula is C11H14N2O3S. The van der Waals surface area contributed by atoms with Crippen molar-refractivity contribution in [3.8, 4) is 11.5 Å². The van der Waals surface area contributed by atoms with Crippen molar-refractivity contribution in [2.75, 3.05) is 20.3 Å². The zero-order valence-corrected chi connectivity index (χ0v) is 10.3. The predicted molar refractivity (Wildman–Crippen MR) is 68.3 cm³/mol. The van der Waals surface area contributed by atoms with Crippen molar-refractivity contribution in [2.24, 2.45) is 5.73 Å². The lowest BCUT2D eigenvalue weighted by atomic mass is 10.3. The molecule has 92 valence electrons. The van der Waals surface area contributed by atoms with E-state index < -0.39 is 0 Å². The molecule has 0 aromatic heterocycles. The van der Waals surface area contributed by atoms with E-state index in [0.29, 0.717) is 5.75 Å².